The minimum absolute atomic E-state index is 0. The van der Waals surface area contributed by atoms with Crippen LogP contribution in [-0.2, 0) is 4.79 Å². The number of amides is 1. The second-order valence-corrected chi connectivity index (χ2v) is 4.22. The number of hydrogen-bond donors (Lipinski definition) is 2. The summed E-state index contributed by atoms with van der Waals surface area (Å²) in [6.45, 7) is 4.26. The maximum atomic E-state index is 10.6. The molecule has 0 spiro atoms. The molecule has 0 saturated carbocycles. The van der Waals surface area contributed by atoms with Crippen LogP contribution in [0.2, 0.25) is 0 Å². The van der Waals surface area contributed by atoms with Gasteiger partial charge in [0.25, 0.3) is 0 Å². The SMILES string of the molecule is CC(C)c1ccc(C(=N)CCC(N)=O)cc1.[HH]. The highest BCUT2D eigenvalue weighted by Crippen LogP contribution is 2.15. The molecule has 0 unspecified atom stereocenters. The van der Waals surface area contributed by atoms with Gasteiger partial charge < -0.3 is 11.1 Å². The highest BCUT2D eigenvalue weighted by Gasteiger charge is 2.04. The van der Waals surface area contributed by atoms with Gasteiger partial charge in [-0.25, -0.2) is 0 Å². The Morgan fingerprint density at radius 3 is 2.31 bits per heavy atom. The summed E-state index contributed by atoms with van der Waals surface area (Å²) in [5.74, 6) is 0.136. The van der Waals surface area contributed by atoms with E-state index in [1.807, 2.05) is 24.3 Å². The molecule has 0 aliphatic carbocycles. The maximum absolute atomic E-state index is 10.6. The number of rotatable bonds is 5. The van der Waals surface area contributed by atoms with Gasteiger partial charge in [0.2, 0.25) is 5.91 Å². The van der Waals surface area contributed by atoms with Crippen LogP contribution in [0.5, 0.6) is 0 Å². The predicted octanol–water partition coefficient (Wildman–Crippen LogP) is 2.69. The van der Waals surface area contributed by atoms with Crippen molar-refractivity contribution in [2.24, 2.45) is 5.73 Å². The fourth-order valence-corrected chi connectivity index (χ4v) is 1.46. The van der Waals surface area contributed by atoms with Crippen LogP contribution < -0.4 is 5.73 Å². The average Bonchev–Trinajstić information content (AvgIpc) is 2.26. The van der Waals surface area contributed by atoms with Crippen molar-refractivity contribution >= 4 is 11.6 Å². The van der Waals surface area contributed by atoms with E-state index in [4.69, 9.17) is 11.1 Å². The molecule has 0 fully saturated rings. The highest BCUT2D eigenvalue weighted by atomic mass is 16.1. The molecule has 0 heterocycles. The van der Waals surface area contributed by atoms with E-state index in [0.717, 1.165) is 5.56 Å². The summed E-state index contributed by atoms with van der Waals surface area (Å²) in [6.07, 6.45) is 0.654. The first kappa shape index (κ1) is 12.4. The first-order valence-electron chi connectivity index (χ1n) is 5.46. The van der Waals surface area contributed by atoms with E-state index in [-0.39, 0.29) is 13.8 Å². The predicted molar refractivity (Wildman–Crippen MR) is 67.9 cm³/mol. The van der Waals surface area contributed by atoms with E-state index < -0.39 is 0 Å². The summed E-state index contributed by atoms with van der Waals surface area (Å²) in [7, 11) is 0. The van der Waals surface area contributed by atoms with Crippen LogP contribution in [0.3, 0.4) is 0 Å². The fraction of sp³-hybridized carbons (Fsp3) is 0.385. The molecule has 0 bridgehead atoms. The number of carbonyl (C=O) groups excluding carboxylic acids is 1. The van der Waals surface area contributed by atoms with E-state index >= 15 is 0 Å². The third kappa shape index (κ3) is 3.50. The third-order valence-electron chi connectivity index (χ3n) is 2.55. The molecule has 1 rings (SSSR count). The molecule has 3 nitrogen and oxygen atoms in total. The molecular formula is C13H20N2O. The lowest BCUT2D eigenvalue weighted by molar-refractivity contribution is -0.117. The maximum Gasteiger partial charge on any atom is 0.217 e. The van der Waals surface area contributed by atoms with E-state index in [0.29, 0.717) is 18.1 Å². The number of benzene rings is 1. The molecule has 0 aliphatic rings. The molecule has 0 radical (unpaired) electrons. The average molecular weight is 220 g/mol. The van der Waals surface area contributed by atoms with Gasteiger partial charge >= 0.3 is 0 Å². The summed E-state index contributed by atoms with van der Waals surface area (Å²) in [5, 5.41) is 7.79. The first-order chi connectivity index (χ1) is 7.50. The Morgan fingerprint density at radius 1 is 1.31 bits per heavy atom. The first-order valence-corrected chi connectivity index (χ1v) is 5.46. The standard InChI is InChI=1S/C13H18N2O.H2/c1-9(2)10-3-5-11(6-4-10)12(14)7-8-13(15)16;/h3-6,9,14H,7-8H2,1-2H3,(H2,15,16);1H. The van der Waals surface area contributed by atoms with Crippen molar-refractivity contribution in [2.75, 3.05) is 0 Å². The highest BCUT2D eigenvalue weighted by molar-refractivity contribution is 5.99. The third-order valence-corrected chi connectivity index (χ3v) is 2.55. The van der Waals surface area contributed by atoms with E-state index in [1.165, 1.54) is 5.56 Å². The molecule has 88 valence electrons. The Hall–Kier alpha value is -1.64. The van der Waals surface area contributed by atoms with Gasteiger partial charge in [-0.15, -0.1) is 0 Å². The van der Waals surface area contributed by atoms with E-state index in [1.54, 1.807) is 0 Å². The lowest BCUT2D eigenvalue weighted by atomic mass is 9.99. The van der Waals surface area contributed by atoms with Crippen LogP contribution in [-0.4, -0.2) is 11.6 Å². The molecule has 1 aromatic rings. The van der Waals surface area contributed by atoms with Crippen molar-refractivity contribution in [3.05, 3.63) is 35.4 Å². The van der Waals surface area contributed by atoms with Crippen molar-refractivity contribution in [1.82, 2.24) is 0 Å². The molecule has 0 atom stereocenters. The lowest BCUT2D eigenvalue weighted by Crippen LogP contribution is -2.12. The Labute approximate surface area is 97.7 Å². The van der Waals surface area contributed by atoms with E-state index in [2.05, 4.69) is 13.8 Å². The monoisotopic (exact) mass is 220 g/mol. The van der Waals surface area contributed by atoms with Gasteiger partial charge in [0, 0.05) is 13.6 Å². The minimum Gasteiger partial charge on any atom is -0.370 e. The number of primary amides is 1. The van der Waals surface area contributed by atoms with Gasteiger partial charge in [0.1, 0.15) is 0 Å². The van der Waals surface area contributed by atoms with Gasteiger partial charge in [-0.1, -0.05) is 38.1 Å². The number of carbonyl (C=O) groups is 1. The number of nitrogens with one attached hydrogen (secondary N) is 1. The molecule has 0 aliphatic heterocycles. The Kier molecular flexibility index (Phi) is 4.23. The second kappa shape index (κ2) is 5.45. The van der Waals surface area contributed by atoms with Crippen molar-refractivity contribution in [3.63, 3.8) is 0 Å². The Bertz CT molecular complexity index is 385. The van der Waals surface area contributed by atoms with Crippen molar-refractivity contribution < 1.29 is 6.22 Å². The fourth-order valence-electron chi connectivity index (χ4n) is 1.46. The van der Waals surface area contributed by atoms with Crippen LogP contribution in [0.4, 0.5) is 0 Å². The van der Waals surface area contributed by atoms with Gasteiger partial charge in [0.05, 0.1) is 0 Å². The molecule has 1 aromatic carbocycles. The summed E-state index contributed by atoms with van der Waals surface area (Å²) in [4.78, 5) is 10.6. The summed E-state index contributed by atoms with van der Waals surface area (Å²) in [6, 6.07) is 7.91. The zero-order chi connectivity index (χ0) is 12.1. The largest absolute Gasteiger partial charge is 0.370 e. The molecule has 1 amide bonds. The summed E-state index contributed by atoms with van der Waals surface area (Å²) >= 11 is 0. The van der Waals surface area contributed by atoms with Gasteiger partial charge in [-0.3, -0.25) is 4.79 Å². The van der Waals surface area contributed by atoms with Crippen LogP contribution in [0, 0.1) is 5.41 Å². The van der Waals surface area contributed by atoms with Crippen LogP contribution in [0.15, 0.2) is 24.3 Å². The van der Waals surface area contributed by atoms with Crippen LogP contribution in [0.25, 0.3) is 0 Å². The number of hydrogen-bond acceptors (Lipinski definition) is 2. The van der Waals surface area contributed by atoms with Crippen molar-refractivity contribution in [2.45, 2.75) is 32.6 Å². The molecular weight excluding hydrogens is 200 g/mol. The second-order valence-electron chi connectivity index (χ2n) is 4.22. The molecule has 3 heteroatoms. The van der Waals surface area contributed by atoms with E-state index in [9.17, 15) is 4.79 Å². The van der Waals surface area contributed by atoms with Gasteiger partial charge in [0.15, 0.2) is 0 Å². The van der Waals surface area contributed by atoms with Crippen LogP contribution >= 0.6 is 0 Å². The molecule has 0 aromatic heterocycles. The normalized spacial score (nSPS) is 10.4. The topological polar surface area (TPSA) is 66.9 Å². The van der Waals surface area contributed by atoms with Crippen molar-refractivity contribution in [3.8, 4) is 0 Å². The molecule has 16 heavy (non-hydrogen) atoms. The van der Waals surface area contributed by atoms with Gasteiger partial charge in [-0.2, -0.15) is 0 Å². The quantitative estimate of drug-likeness (QED) is 0.736. The zero-order valence-corrected chi connectivity index (χ0v) is 9.79. The van der Waals surface area contributed by atoms with Crippen LogP contribution in [0.1, 0.15) is 45.2 Å². The summed E-state index contributed by atoms with van der Waals surface area (Å²) in [5.41, 5.74) is 7.64. The smallest absolute Gasteiger partial charge is 0.217 e. The zero-order valence-electron chi connectivity index (χ0n) is 9.79. The molecule has 3 N–H and O–H groups in total. The lowest BCUT2D eigenvalue weighted by Gasteiger charge is -2.07. The Morgan fingerprint density at radius 2 is 1.88 bits per heavy atom. The summed E-state index contributed by atoms with van der Waals surface area (Å²) < 4.78 is 0. The van der Waals surface area contributed by atoms with Gasteiger partial charge in [-0.05, 0) is 23.5 Å². The van der Waals surface area contributed by atoms with Crippen molar-refractivity contribution in [1.29, 1.82) is 5.41 Å². The molecule has 0 saturated heterocycles. The number of nitrogens with two attached hydrogens (primary N) is 1. The Balaban J connectivity index is 0.00000256. The minimum atomic E-state index is -0.358.